The van der Waals surface area contributed by atoms with Crippen LogP contribution in [0.25, 0.3) is 10.8 Å². The molecule has 1 unspecified atom stereocenters. The maximum absolute atomic E-state index is 5.74. The Morgan fingerprint density at radius 1 is 0.857 bits per heavy atom. The lowest BCUT2D eigenvalue weighted by molar-refractivity contribution is 0.274. The standard InChI is InChI=1S/C19H17NO/c1-2-8-15-14(6-1)7-5-10-17(15)20-18-12-13-21-19-11-4-3-9-16(18)19/h1-11,18,20H,12-13H2. The first-order valence-electron chi connectivity index (χ1n) is 7.38. The second-order valence-electron chi connectivity index (χ2n) is 5.40. The van der Waals surface area contributed by atoms with Gasteiger partial charge in [-0.05, 0) is 17.5 Å². The summed E-state index contributed by atoms with van der Waals surface area (Å²) in [6.07, 6.45) is 0.986. The number of para-hydroxylation sites is 1. The van der Waals surface area contributed by atoms with E-state index >= 15 is 0 Å². The molecule has 0 radical (unpaired) electrons. The number of benzene rings is 3. The number of ether oxygens (including phenoxy) is 1. The van der Waals surface area contributed by atoms with Gasteiger partial charge in [0.2, 0.25) is 0 Å². The Kier molecular flexibility index (Phi) is 3.00. The molecular weight excluding hydrogens is 258 g/mol. The minimum atomic E-state index is 0.306. The van der Waals surface area contributed by atoms with Crippen molar-refractivity contribution in [3.05, 3.63) is 72.3 Å². The van der Waals surface area contributed by atoms with Gasteiger partial charge in [0.15, 0.2) is 0 Å². The fourth-order valence-corrected chi connectivity index (χ4v) is 3.03. The minimum absolute atomic E-state index is 0.306. The van der Waals surface area contributed by atoms with Crippen LogP contribution in [-0.2, 0) is 0 Å². The van der Waals surface area contributed by atoms with Crippen molar-refractivity contribution in [2.75, 3.05) is 11.9 Å². The van der Waals surface area contributed by atoms with Crippen LogP contribution in [0.1, 0.15) is 18.0 Å². The van der Waals surface area contributed by atoms with E-state index in [0.717, 1.165) is 18.8 Å². The van der Waals surface area contributed by atoms with Crippen LogP contribution in [-0.4, -0.2) is 6.61 Å². The lowest BCUT2D eigenvalue weighted by atomic mass is 9.99. The number of fused-ring (bicyclic) bond motifs is 2. The second-order valence-corrected chi connectivity index (χ2v) is 5.40. The molecule has 1 heterocycles. The van der Waals surface area contributed by atoms with Crippen LogP contribution >= 0.6 is 0 Å². The molecule has 0 aliphatic carbocycles. The summed E-state index contributed by atoms with van der Waals surface area (Å²) in [5.74, 6) is 1.00. The van der Waals surface area contributed by atoms with E-state index < -0.39 is 0 Å². The molecule has 0 saturated heterocycles. The predicted molar refractivity (Wildman–Crippen MR) is 86.9 cm³/mol. The lowest BCUT2D eigenvalue weighted by Crippen LogP contribution is -2.20. The highest BCUT2D eigenvalue weighted by Gasteiger charge is 2.21. The molecule has 0 aromatic heterocycles. The lowest BCUT2D eigenvalue weighted by Gasteiger charge is -2.28. The Hall–Kier alpha value is -2.48. The molecule has 1 aliphatic rings. The van der Waals surface area contributed by atoms with Crippen molar-refractivity contribution < 1.29 is 4.74 Å². The zero-order valence-corrected chi connectivity index (χ0v) is 11.8. The third-order valence-electron chi connectivity index (χ3n) is 4.08. The summed E-state index contributed by atoms with van der Waals surface area (Å²) in [6, 6.07) is 23.5. The minimum Gasteiger partial charge on any atom is -0.493 e. The maximum Gasteiger partial charge on any atom is 0.124 e. The van der Waals surface area contributed by atoms with Gasteiger partial charge in [-0.1, -0.05) is 54.6 Å². The fourth-order valence-electron chi connectivity index (χ4n) is 3.03. The van der Waals surface area contributed by atoms with E-state index in [1.54, 1.807) is 0 Å². The maximum atomic E-state index is 5.74. The van der Waals surface area contributed by atoms with Crippen molar-refractivity contribution in [2.45, 2.75) is 12.5 Å². The van der Waals surface area contributed by atoms with Crippen LogP contribution in [0.2, 0.25) is 0 Å². The average molecular weight is 275 g/mol. The van der Waals surface area contributed by atoms with E-state index in [1.165, 1.54) is 22.0 Å². The fraction of sp³-hybridized carbons (Fsp3) is 0.158. The molecule has 104 valence electrons. The van der Waals surface area contributed by atoms with Gasteiger partial charge >= 0.3 is 0 Å². The van der Waals surface area contributed by atoms with Crippen molar-refractivity contribution in [1.29, 1.82) is 0 Å². The normalized spacial score (nSPS) is 17.0. The van der Waals surface area contributed by atoms with E-state index in [-0.39, 0.29) is 0 Å². The molecule has 1 atom stereocenters. The van der Waals surface area contributed by atoms with E-state index in [9.17, 15) is 0 Å². The highest BCUT2D eigenvalue weighted by molar-refractivity contribution is 5.93. The molecule has 0 fully saturated rings. The summed E-state index contributed by atoms with van der Waals surface area (Å²) >= 11 is 0. The number of rotatable bonds is 2. The summed E-state index contributed by atoms with van der Waals surface area (Å²) in [6.45, 7) is 0.763. The highest BCUT2D eigenvalue weighted by Crippen LogP contribution is 2.35. The molecule has 2 nitrogen and oxygen atoms in total. The van der Waals surface area contributed by atoms with Crippen molar-refractivity contribution in [2.24, 2.45) is 0 Å². The van der Waals surface area contributed by atoms with Crippen LogP contribution in [0.5, 0.6) is 5.75 Å². The highest BCUT2D eigenvalue weighted by atomic mass is 16.5. The van der Waals surface area contributed by atoms with Crippen LogP contribution in [0.4, 0.5) is 5.69 Å². The third kappa shape index (κ3) is 2.23. The van der Waals surface area contributed by atoms with E-state index in [0.29, 0.717) is 6.04 Å². The van der Waals surface area contributed by atoms with Gasteiger partial charge in [0.05, 0.1) is 12.6 Å². The third-order valence-corrected chi connectivity index (χ3v) is 4.08. The number of nitrogens with one attached hydrogen (secondary N) is 1. The van der Waals surface area contributed by atoms with Gasteiger partial charge in [-0.25, -0.2) is 0 Å². The first-order chi connectivity index (χ1) is 10.4. The molecule has 0 amide bonds. The zero-order valence-electron chi connectivity index (χ0n) is 11.8. The second kappa shape index (κ2) is 5.13. The molecule has 0 bridgehead atoms. The first-order valence-corrected chi connectivity index (χ1v) is 7.38. The largest absolute Gasteiger partial charge is 0.493 e. The molecule has 4 rings (SSSR count). The van der Waals surface area contributed by atoms with Gasteiger partial charge in [0.25, 0.3) is 0 Å². The van der Waals surface area contributed by atoms with E-state index in [1.807, 2.05) is 12.1 Å². The Labute approximate surface area is 124 Å². The van der Waals surface area contributed by atoms with Gasteiger partial charge in [-0.2, -0.15) is 0 Å². The van der Waals surface area contributed by atoms with Gasteiger partial charge in [0.1, 0.15) is 5.75 Å². The predicted octanol–water partition coefficient (Wildman–Crippen LogP) is 4.78. The molecule has 0 spiro atoms. The zero-order chi connectivity index (χ0) is 14.1. The summed E-state index contributed by atoms with van der Waals surface area (Å²) in [5, 5.41) is 6.23. The summed E-state index contributed by atoms with van der Waals surface area (Å²) in [7, 11) is 0. The van der Waals surface area contributed by atoms with Gasteiger partial charge in [-0.3, -0.25) is 0 Å². The molecular formula is C19H17NO. The molecule has 1 aliphatic heterocycles. The van der Waals surface area contributed by atoms with E-state index in [4.69, 9.17) is 4.74 Å². The van der Waals surface area contributed by atoms with Crippen LogP contribution in [0.3, 0.4) is 0 Å². The van der Waals surface area contributed by atoms with Crippen molar-refractivity contribution in [3.8, 4) is 5.75 Å². The molecule has 3 aromatic carbocycles. The smallest absolute Gasteiger partial charge is 0.124 e. The Balaban J connectivity index is 1.73. The number of hydrogen-bond acceptors (Lipinski definition) is 2. The quantitative estimate of drug-likeness (QED) is 0.727. The van der Waals surface area contributed by atoms with Gasteiger partial charge in [-0.15, -0.1) is 0 Å². The molecule has 3 aromatic rings. The van der Waals surface area contributed by atoms with E-state index in [2.05, 4.69) is 59.9 Å². The number of anilines is 1. The molecule has 0 saturated carbocycles. The monoisotopic (exact) mass is 275 g/mol. The first kappa shape index (κ1) is 12.3. The van der Waals surface area contributed by atoms with Crippen molar-refractivity contribution >= 4 is 16.5 Å². The summed E-state index contributed by atoms with van der Waals surface area (Å²) in [5.41, 5.74) is 2.44. The summed E-state index contributed by atoms with van der Waals surface area (Å²) in [4.78, 5) is 0. The van der Waals surface area contributed by atoms with Crippen molar-refractivity contribution in [1.82, 2.24) is 0 Å². The van der Waals surface area contributed by atoms with Crippen LogP contribution in [0.15, 0.2) is 66.7 Å². The topological polar surface area (TPSA) is 21.3 Å². The molecule has 21 heavy (non-hydrogen) atoms. The summed E-state index contributed by atoms with van der Waals surface area (Å²) < 4.78 is 5.74. The van der Waals surface area contributed by atoms with Crippen LogP contribution < -0.4 is 10.1 Å². The molecule has 2 heteroatoms. The van der Waals surface area contributed by atoms with Gasteiger partial charge < -0.3 is 10.1 Å². The van der Waals surface area contributed by atoms with Gasteiger partial charge in [0, 0.05) is 23.1 Å². The van der Waals surface area contributed by atoms with Crippen LogP contribution in [0, 0.1) is 0 Å². The number of hydrogen-bond donors (Lipinski definition) is 1. The average Bonchev–Trinajstić information content (AvgIpc) is 2.56. The Morgan fingerprint density at radius 3 is 2.67 bits per heavy atom. The molecule has 1 N–H and O–H groups in total. The Bertz CT molecular complexity index is 776. The van der Waals surface area contributed by atoms with Crippen molar-refractivity contribution in [3.63, 3.8) is 0 Å². The Morgan fingerprint density at radius 2 is 1.67 bits per heavy atom. The SMILES string of the molecule is c1ccc2c(c1)OCCC2Nc1cccc2ccccc12.